The Bertz CT molecular complexity index is 754. The smallest absolute Gasteiger partial charge is 0.326 e. The van der Waals surface area contributed by atoms with Gasteiger partial charge >= 0.3 is 5.97 Å². The first-order valence-electron chi connectivity index (χ1n) is 8.61. The highest BCUT2D eigenvalue weighted by molar-refractivity contribution is 5.96. The number of carbonyl (C=O) groups is 2. The Morgan fingerprint density at radius 3 is 2.41 bits per heavy atom. The summed E-state index contributed by atoms with van der Waals surface area (Å²) in [5.74, 6) is -0.659. The van der Waals surface area contributed by atoms with E-state index in [9.17, 15) is 14.7 Å². The number of rotatable bonds is 8. The monoisotopic (exact) mass is 372 g/mol. The second kappa shape index (κ2) is 9.14. The van der Waals surface area contributed by atoms with Crippen LogP contribution in [0.4, 0.5) is 0 Å². The number of benzene rings is 1. The second-order valence-corrected chi connectivity index (χ2v) is 6.91. The molecule has 1 unspecified atom stereocenters. The van der Waals surface area contributed by atoms with Gasteiger partial charge in [0, 0.05) is 25.3 Å². The average Bonchev–Trinajstić information content (AvgIpc) is 2.61. The summed E-state index contributed by atoms with van der Waals surface area (Å²) in [7, 11) is 0. The number of amides is 1. The normalized spacial score (nSPS) is 12.3. The number of nitrogens with zero attached hydrogens (tertiary/aromatic N) is 1. The number of para-hydroxylation sites is 1. The zero-order chi connectivity index (χ0) is 19.9. The second-order valence-electron chi connectivity index (χ2n) is 6.91. The van der Waals surface area contributed by atoms with Crippen molar-refractivity contribution in [2.75, 3.05) is 6.61 Å². The first-order chi connectivity index (χ1) is 12.7. The fraction of sp³-hybridized carbons (Fsp3) is 0.350. The number of carboxylic acid groups (broad SMARTS) is 1. The van der Waals surface area contributed by atoms with Crippen LogP contribution in [0.1, 0.15) is 37.6 Å². The molecular weight excluding hydrogens is 348 g/mol. The molecule has 1 amide bonds. The molecule has 1 atom stereocenters. The molecule has 1 aromatic heterocycles. The highest BCUT2D eigenvalue weighted by Crippen LogP contribution is 2.18. The molecule has 2 N–H and O–H groups in total. The van der Waals surface area contributed by atoms with Gasteiger partial charge in [0.15, 0.2) is 0 Å². The zero-order valence-corrected chi connectivity index (χ0v) is 15.6. The Balaban J connectivity index is 1.94. The number of pyridine rings is 1. The fourth-order valence-corrected chi connectivity index (χ4v) is 2.17. The molecule has 0 fully saturated rings. The summed E-state index contributed by atoms with van der Waals surface area (Å²) in [6.45, 7) is 5.87. The van der Waals surface area contributed by atoms with Crippen LogP contribution in [0.2, 0.25) is 0 Å². The Morgan fingerprint density at radius 1 is 1.15 bits per heavy atom. The van der Waals surface area contributed by atoms with Crippen LogP contribution in [0.5, 0.6) is 11.6 Å². The fourth-order valence-electron chi connectivity index (χ4n) is 2.17. The Kier molecular flexibility index (Phi) is 6.90. The van der Waals surface area contributed by atoms with E-state index in [2.05, 4.69) is 10.3 Å². The highest BCUT2D eigenvalue weighted by atomic mass is 16.5. The van der Waals surface area contributed by atoms with Crippen molar-refractivity contribution >= 4 is 11.9 Å². The van der Waals surface area contributed by atoms with Crippen molar-refractivity contribution in [3.63, 3.8) is 0 Å². The minimum Gasteiger partial charge on any atom is -0.480 e. The lowest BCUT2D eigenvalue weighted by molar-refractivity contribution is -0.140. The van der Waals surface area contributed by atoms with Gasteiger partial charge in [-0.2, -0.15) is 0 Å². The van der Waals surface area contributed by atoms with Gasteiger partial charge in [-0.1, -0.05) is 18.2 Å². The van der Waals surface area contributed by atoms with Crippen molar-refractivity contribution in [3.05, 3.63) is 54.2 Å². The van der Waals surface area contributed by atoms with E-state index in [-0.39, 0.29) is 24.2 Å². The first-order valence-corrected chi connectivity index (χ1v) is 8.61. The maximum absolute atomic E-state index is 12.3. The number of ether oxygens (including phenoxy) is 2. The molecule has 0 aliphatic rings. The van der Waals surface area contributed by atoms with Crippen LogP contribution in [0, 0.1) is 0 Å². The van der Waals surface area contributed by atoms with Gasteiger partial charge in [-0.15, -0.1) is 0 Å². The van der Waals surface area contributed by atoms with Crippen LogP contribution in [0.3, 0.4) is 0 Å². The third-order valence-electron chi connectivity index (χ3n) is 3.51. The maximum Gasteiger partial charge on any atom is 0.326 e. The Morgan fingerprint density at radius 2 is 1.85 bits per heavy atom. The zero-order valence-electron chi connectivity index (χ0n) is 15.6. The van der Waals surface area contributed by atoms with Crippen LogP contribution in [0.15, 0.2) is 48.7 Å². The molecule has 0 saturated heterocycles. The molecule has 7 nitrogen and oxygen atoms in total. The van der Waals surface area contributed by atoms with E-state index in [1.54, 1.807) is 18.2 Å². The first kappa shape index (κ1) is 20.4. The summed E-state index contributed by atoms with van der Waals surface area (Å²) in [6.07, 6.45) is 1.51. The molecular formula is C20H24N2O5. The van der Waals surface area contributed by atoms with E-state index in [1.807, 2.05) is 39.0 Å². The molecule has 144 valence electrons. The lowest BCUT2D eigenvalue weighted by atomic mass is 10.1. The molecule has 7 heteroatoms. The summed E-state index contributed by atoms with van der Waals surface area (Å²) < 4.78 is 11.1. The van der Waals surface area contributed by atoms with Gasteiger partial charge in [-0.25, -0.2) is 9.78 Å². The van der Waals surface area contributed by atoms with E-state index in [4.69, 9.17) is 9.47 Å². The van der Waals surface area contributed by atoms with Gasteiger partial charge in [0.05, 0.1) is 11.2 Å². The number of aromatic nitrogens is 1. The van der Waals surface area contributed by atoms with Crippen LogP contribution >= 0.6 is 0 Å². The number of aliphatic carboxylic acids is 1. The predicted molar refractivity (Wildman–Crippen MR) is 100.0 cm³/mol. The van der Waals surface area contributed by atoms with Crippen LogP contribution < -0.4 is 10.1 Å². The maximum atomic E-state index is 12.3. The number of carboxylic acids is 1. The van der Waals surface area contributed by atoms with Crippen molar-refractivity contribution < 1.29 is 24.2 Å². The van der Waals surface area contributed by atoms with Crippen molar-refractivity contribution in [1.82, 2.24) is 10.3 Å². The minimum absolute atomic E-state index is 0.168. The van der Waals surface area contributed by atoms with Gasteiger partial charge in [0.2, 0.25) is 5.88 Å². The summed E-state index contributed by atoms with van der Waals surface area (Å²) in [4.78, 5) is 27.8. The molecule has 1 heterocycles. The lowest BCUT2D eigenvalue weighted by Crippen LogP contribution is -2.42. The quantitative estimate of drug-likeness (QED) is 0.738. The van der Waals surface area contributed by atoms with Gasteiger partial charge in [0.25, 0.3) is 5.91 Å². The molecule has 2 rings (SSSR count). The van der Waals surface area contributed by atoms with E-state index in [0.29, 0.717) is 11.6 Å². The summed E-state index contributed by atoms with van der Waals surface area (Å²) >= 11 is 0. The molecule has 0 aliphatic carbocycles. The molecule has 2 aromatic rings. The minimum atomic E-state index is -1.11. The third kappa shape index (κ3) is 7.07. The summed E-state index contributed by atoms with van der Waals surface area (Å²) in [5, 5.41) is 11.8. The molecule has 0 spiro atoms. The van der Waals surface area contributed by atoms with Crippen molar-refractivity contribution in [3.8, 4) is 11.6 Å². The standard InChI is InChI=1S/C20H24N2O5/c1-20(2,3)26-12-11-16(19(24)25)22-18(23)14-9-10-17(21-13-14)27-15-7-5-4-6-8-15/h4-10,13,16H,11-12H2,1-3H3,(H,22,23)(H,24,25). The molecule has 0 bridgehead atoms. The number of carbonyl (C=O) groups excluding carboxylic acids is 1. The van der Waals surface area contributed by atoms with E-state index < -0.39 is 17.9 Å². The molecule has 1 aromatic carbocycles. The largest absolute Gasteiger partial charge is 0.480 e. The SMILES string of the molecule is CC(C)(C)OCCC(NC(=O)c1ccc(Oc2ccccc2)nc1)C(=O)O. The summed E-state index contributed by atoms with van der Waals surface area (Å²) in [5.41, 5.74) is -0.121. The predicted octanol–water partition coefficient (Wildman–Crippen LogP) is 3.26. The molecule has 0 saturated carbocycles. The van der Waals surface area contributed by atoms with E-state index in [0.717, 1.165) is 0 Å². The van der Waals surface area contributed by atoms with Crippen LogP contribution in [-0.4, -0.2) is 40.2 Å². The van der Waals surface area contributed by atoms with Gasteiger partial charge < -0.3 is 19.9 Å². The highest BCUT2D eigenvalue weighted by Gasteiger charge is 2.22. The van der Waals surface area contributed by atoms with Crippen molar-refractivity contribution in [1.29, 1.82) is 0 Å². The Labute approximate surface area is 158 Å². The van der Waals surface area contributed by atoms with Gasteiger partial charge in [-0.3, -0.25) is 4.79 Å². The topological polar surface area (TPSA) is 97.8 Å². The Hall–Kier alpha value is -2.93. The molecule has 27 heavy (non-hydrogen) atoms. The van der Waals surface area contributed by atoms with Gasteiger partial charge in [0.1, 0.15) is 11.8 Å². The lowest BCUT2D eigenvalue weighted by Gasteiger charge is -2.21. The number of nitrogens with one attached hydrogen (secondary N) is 1. The van der Waals surface area contributed by atoms with Crippen LogP contribution in [-0.2, 0) is 9.53 Å². The van der Waals surface area contributed by atoms with Crippen LogP contribution in [0.25, 0.3) is 0 Å². The molecule has 0 aliphatic heterocycles. The van der Waals surface area contributed by atoms with E-state index >= 15 is 0 Å². The third-order valence-corrected chi connectivity index (χ3v) is 3.51. The van der Waals surface area contributed by atoms with E-state index in [1.165, 1.54) is 12.3 Å². The number of hydrogen-bond donors (Lipinski definition) is 2. The number of hydrogen-bond acceptors (Lipinski definition) is 5. The van der Waals surface area contributed by atoms with Gasteiger partial charge in [-0.05, 0) is 39.0 Å². The average molecular weight is 372 g/mol. The molecule has 0 radical (unpaired) electrons. The van der Waals surface area contributed by atoms with Crippen molar-refractivity contribution in [2.45, 2.75) is 38.8 Å². The van der Waals surface area contributed by atoms with Crippen molar-refractivity contribution in [2.24, 2.45) is 0 Å². The summed E-state index contributed by atoms with van der Waals surface area (Å²) in [6, 6.07) is 11.2.